The Bertz CT molecular complexity index is 703. The van der Waals surface area contributed by atoms with Crippen molar-refractivity contribution in [3.05, 3.63) is 35.0 Å². The fraction of sp³-hybridized carbons (Fsp3) is 0.526. The second-order valence-electron chi connectivity index (χ2n) is 6.69. The van der Waals surface area contributed by atoms with E-state index in [0.717, 1.165) is 17.4 Å². The average molecular weight is 349 g/mol. The van der Waals surface area contributed by atoms with Crippen LogP contribution in [0.1, 0.15) is 48.9 Å². The lowest BCUT2D eigenvalue weighted by Gasteiger charge is -2.14. The lowest BCUT2D eigenvalue weighted by molar-refractivity contribution is 0.0947. The van der Waals surface area contributed by atoms with E-state index in [1.165, 1.54) is 38.5 Å². The van der Waals surface area contributed by atoms with Crippen LogP contribution in [0, 0.1) is 5.92 Å². The molecule has 0 spiro atoms. The molecule has 4 nitrogen and oxygen atoms in total. The van der Waals surface area contributed by atoms with E-state index in [2.05, 4.69) is 5.32 Å². The molecule has 1 aromatic heterocycles. The number of rotatable bonds is 5. The Balaban J connectivity index is 1.77. The number of fused-ring (bicyclic) bond motifs is 1. The van der Waals surface area contributed by atoms with E-state index < -0.39 is 0 Å². The number of aliphatic hydroxyl groups is 1. The van der Waals surface area contributed by atoms with Crippen LogP contribution in [-0.4, -0.2) is 28.7 Å². The van der Waals surface area contributed by atoms with Crippen LogP contribution in [0.25, 0.3) is 10.9 Å². The van der Waals surface area contributed by atoms with Gasteiger partial charge in [0.15, 0.2) is 0 Å². The minimum absolute atomic E-state index is 0.0372. The largest absolute Gasteiger partial charge is 0.395 e. The second-order valence-corrected chi connectivity index (χ2v) is 7.13. The zero-order chi connectivity index (χ0) is 16.9. The van der Waals surface area contributed by atoms with Gasteiger partial charge in [-0.1, -0.05) is 37.3 Å². The first-order valence-electron chi connectivity index (χ1n) is 8.86. The molecule has 5 heteroatoms. The maximum atomic E-state index is 12.7. The number of aromatic nitrogens is 1. The zero-order valence-corrected chi connectivity index (χ0v) is 14.7. The zero-order valence-electron chi connectivity index (χ0n) is 13.9. The first kappa shape index (κ1) is 17.3. The van der Waals surface area contributed by atoms with E-state index in [9.17, 15) is 9.90 Å². The second kappa shape index (κ2) is 8.04. The van der Waals surface area contributed by atoms with Crippen molar-refractivity contribution in [1.29, 1.82) is 0 Å². The molecule has 1 aliphatic carbocycles. The number of nitrogens with zero attached hydrogens (tertiary/aromatic N) is 1. The van der Waals surface area contributed by atoms with Crippen molar-refractivity contribution in [3.63, 3.8) is 0 Å². The van der Waals surface area contributed by atoms with Gasteiger partial charge in [0.25, 0.3) is 5.91 Å². The Morgan fingerprint density at radius 3 is 2.71 bits per heavy atom. The molecule has 2 aromatic rings. The Morgan fingerprint density at radius 1 is 1.25 bits per heavy atom. The molecule has 0 aliphatic heterocycles. The Hall–Kier alpha value is -1.52. The molecule has 0 atom stereocenters. The van der Waals surface area contributed by atoms with Crippen molar-refractivity contribution in [2.24, 2.45) is 5.92 Å². The third-order valence-corrected chi connectivity index (χ3v) is 5.19. The minimum Gasteiger partial charge on any atom is -0.395 e. The quantitative estimate of drug-likeness (QED) is 0.803. The fourth-order valence-electron chi connectivity index (χ4n) is 3.64. The van der Waals surface area contributed by atoms with Crippen LogP contribution in [0.5, 0.6) is 0 Å². The first-order valence-corrected chi connectivity index (χ1v) is 9.24. The SMILES string of the molecule is O=C(NCC1CCCCCC1)c1cn(CCO)c2ccc(Cl)cc12. The number of halogens is 1. The van der Waals surface area contributed by atoms with Crippen molar-refractivity contribution >= 4 is 28.4 Å². The fourth-order valence-corrected chi connectivity index (χ4v) is 3.82. The van der Waals surface area contributed by atoms with Gasteiger partial charge >= 0.3 is 0 Å². The summed E-state index contributed by atoms with van der Waals surface area (Å²) in [7, 11) is 0. The van der Waals surface area contributed by atoms with Crippen molar-refractivity contribution in [1.82, 2.24) is 9.88 Å². The van der Waals surface area contributed by atoms with Gasteiger partial charge in [-0.15, -0.1) is 0 Å². The molecule has 0 bridgehead atoms. The minimum atomic E-state index is -0.0526. The number of nitrogens with one attached hydrogen (secondary N) is 1. The van der Waals surface area contributed by atoms with Gasteiger partial charge in [0.1, 0.15) is 0 Å². The number of aliphatic hydroxyl groups excluding tert-OH is 1. The van der Waals surface area contributed by atoms with Gasteiger partial charge in [-0.25, -0.2) is 0 Å². The van der Waals surface area contributed by atoms with E-state index in [-0.39, 0.29) is 12.5 Å². The van der Waals surface area contributed by atoms with Gasteiger partial charge in [0, 0.05) is 35.2 Å². The normalized spacial score (nSPS) is 16.2. The van der Waals surface area contributed by atoms with Crippen molar-refractivity contribution in [2.75, 3.05) is 13.2 Å². The molecular formula is C19H25ClN2O2. The van der Waals surface area contributed by atoms with Crippen molar-refractivity contribution in [2.45, 2.75) is 45.1 Å². The molecule has 0 unspecified atom stereocenters. The monoisotopic (exact) mass is 348 g/mol. The molecule has 1 saturated carbocycles. The van der Waals surface area contributed by atoms with Crippen molar-refractivity contribution in [3.8, 4) is 0 Å². The summed E-state index contributed by atoms with van der Waals surface area (Å²) < 4.78 is 1.91. The van der Waals surface area contributed by atoms with E-state index in [1.807, 2.05) is 29.0 Å². The third-order valence-electron chi connectivity index (χ3n) is 4.95. The van der Waals surface area contributed by atoms with Gasteiger partial charge in [-0.2, -0.15) is 0 Å². The van der Waals surface area contributed by atoms with Crippen LogP contribution < -0.4 is 5.32 Å². The molecular weight excluding hydrogens is 324 g/mol. The molecule has 0 saturated heterocycles. The summed E-state index contributed by atoms with van der Waals surface area (Å²) in [6.45, 7) is 1.25. The number of amides is 1. The molecule has 2 N–H and O–H groups in total. The maximum Gasteiger partial charge on any atom is 0.253 e. The predicted octanol–water partition coefficient (Wildman–Crippen LogP) is 3.99. The highest BCUT2D eigenvalue weighted by atomic mass is 35.5. The van der Waals surface area contributed by atoms with Gasteiger partial charge in [0.2, 0.25) is 0 Å². The van der Waals surface area contributed by atoms with Crippen LogP contribution in [0.15, 0.2) is 24.4 Å². The van der Waals surface area contributed by atoms with Gasteiger partial charge in [-0.3, -0.25) is 4.79 Å². The Labute approximate surface area is 147 Å². The van der Waals surface area contributed by atoms with Crippen LogP contribution in [0.4, 0.5) is 0 Å². The van der Waals surface area contributed by atoms with E-state index in [0.29, 0.717) is 23.0 Å². The summed E-state index contributed by atoms with van der Waals surface area (Å²) in [5.74, 6) is 0.536. The Kier molecular flexibility index (Phi) is 5.80. The molecule has 1 aromatic carbocycles. The summed E-state index contributed by atoms with van der Waals surface area (Å²) >= 11 is 6.11. The smallest absolute Gasteiger partial charge is 0.253 e. The van der Waals surface area contributed by atoms with Crippen LogP contribution in [0.2, 0.25) is 5.02 Å². The highest BCUT2D eigenvalue weighted by Crippen LogP contribution is 2.26. The first-order chi connectivity index (χ1) is 11.7. The lowest BCUT2D eigenvalue weighted by atomic mass is 10.0. The molecule has 1 fully saturated rings. The molecule has 0 radical (unpaired) electrons. The molecule has 1 aliphatic rings. The number of benzene rings is 1. The summed E-state index contributed by atoms with van der Waals surface area (Å²) in [5.41, 5.74) is 1.56. The molecule has 1 heterocycles. The highest BCUT2D eigenvalue weighted by Gasteiger charge is 2.18. The number of hydrogen-bond acceptors (Lipinski definition) is 2. The number of hydrogen-bond donors (Lipinski definition) is 2. The summed E-state index contributed by atoms with van der Waals surface area (Å²) in [4.78, 5) is 12.7. The molecule has 3 rings (SSSR count). The standard InChI is InChI=1S/C19H25ClN2O2/c20-15-7-8-18-16(11-15)17(13-22(18)9-10-23)19(24)21-12-14-5-3-1-2-4-6-14/h7-8,11,13-14,23H,1-6,9-10,12H2,(H,21,24). The maximum absolute atomic E-state index is 12.7. The predicted molar refractivity (Wildman–Crippen MR) is 97.6 cm³/mol. The summed E-state index contributed by atoms with van der Waals surface area (Å²) in [6, 6.07) is 5.53. The summed E-state index contributed by atoms with van der Waals surface area (Å²) in [5, 5.41) is 13.8. The van der Waals surface area contributed by atoms with Crippen LogP contribution in [0.3, 0.4) is 0 Å². The van der Waals surface area contributed by atoms with Gasteiger partial charge in [0.05, 0.1) is 12.2 Å². The lowest BCUT2D eigenvalue weighted by Crippen LogP contribution is -2.29. The average Bonchev–Trinajstić information content (AvgIpc) is 2.75. The van der Waals surface area contributed by atoms with Crippen LogP contribution in [-0.2, 0) is 6.54 Å². The van der Waals surface area contributed by atoms with E-state index in [4.69, 9.17) is 11.6 Å². The number of carbonyl (C=O) groups excluding carboxylic acids is 1. The van der Waals surface area contributed by atoms with Gasteiger partial charge < -0.3 is 15.0 Å². The van der Waals surface area contributed by atoms with E-state index >= 15 is 0 Å². The molecule has 1 amide bonds. The summed E-state index contributed by atoms with van der Waals surface area (Å²) in [6.07, 6.45) is 9.41. The van der Waals surface area contributed by atoms with Gasteiger partial charge in [-0.05, 0) is 37.0 Å². The Morgan fingerprint density at radius 2 is 2.00 bits per heavy atom. The molecule has 130 valence electrons. The van der Waals surface area contributed by atoms with Crippen LogP contribution >= 0.6 is 11.6 Å². The van der Waals surface area contributed by atoms with E-state index in [1.54, 1.807) is 0 Å². The number of carbonyl (C=O) groups is 1. The van der Waals surface area contributed by atoms with Crippen molar-refractivity contribution < 1.29 is 9.90 Å². The topological polar surface area (TPSA) is 54.3 Å². The molecule has 24 heavy (non-hydrogen) atoms. The third kappa shape index (κ3) is 3.93. The highest BCUT2D eigenvalue weighted by molar-refractivity contribution is 6.31.